The van der Waals surface area contributed by atoms with Gasteiger partial charge in [0.2, 0.25) is 0 Å². The fourth-order valence-corrected chi connectivity index (χ4v) is 2.35. The number of benzene rings is 1. The summed E-state index contributed by atoms with van der Waals surface area (Å²) >= 11 is 0. The van der Waals surface area contributed by atoms with Crippen molar-refractivity contribution < 1.29 is 0 Å². The molecular weight excluding hydrogens is 156 g/mol. The molecule has 0 heteroatoms. The van der Waals surface area contributed by atoms with Gasteiger partial charge in [0.25, 0.3) is 0 Å². The summed E-state index contributed by atoms with van der Waals surface area (Å²) < 4.78 is 0. The molecule has 2 rings (SSSR count). The second kappa shape index (κ2) is 2.87. The Balaban J connectivity index is 2.42. The Bertz CT molecular complexity index is 321. The van der Waals surface area contributed by atoms with E-state index < -0.39 is 0 Å². The molecule has 13 heavy (non-hydrogen) atoms. The highest BCUT2D eigenvalue weighted by atomic mass is 14.3. The zero-order chi connectivity index (χ0) is 9.47. The molecule has 70 valence electrons. The van der Waals surface area contributed by atoms with Crippen molar-refractivity contribution >= 4 is 0 Å². The first kappa shape index (κ1) is 8.80. The van der Waals surface area contributed by atoms with Gasteiger partial charge in [0.05, 0.1) is 0 Å². The van der Waals surface area contributed by atoms with Crippen LogP contribution in [0.2, 0.25) is 0 Å². The third kappa shape index (κ3) is 1.63. The lowest BCUT2D eigenvalue weighted by Gasteiger charge is -2.32. The molecular formula is C13H18. The smallest absolute Gasteiger partial charge is 0.0224 e. The molecule has 0 saturated heterocycles. The van der Waals surface area contributed by atoms with Gasteiger partial charge in [0, 0.05) is 0 Å². The predicted molar refractivity (Wildman–Crippen MR) is 57.0 cm³/mol. The predicted octanol–water partition coefficient (Wildman–Crippen LogP) is 3.51. The van der Waals surface area contributed by atoms with Crippen molar-refractivity contribution in [1.82, 2.24) is 0 Å². The minimum absolute atomic E-state index is 0.515. The van der Waals surface area contributed by atoms with Crippen LogP contribution in [0.25, 0.3) is 0 Å². The molecule has 0 spiro atoms. The highest BCUT2D eigenvalue weighted by Crippen LogP contribution is 2.35. The molecule has 0 heterocycles. The third-order valence-corrected chi connectivity index (χ3v) is 3.23. The molecule has 0 amide bonds. The fourth-order valence-electron chi connectivity index (χ4n) is 2.35. The molecule has 1 aromatic carbocycles. The molecule has 1 aliphatic carbocycles. The molecule has 0 atom stereocenters. The van der Waals surface area contributed by atoms with Crippen LogP contribution in [0.1, 0.15) is 37.0 Å². The van der Waals surface area contributed by atoms with Crippen LogP contribution >= 0.6 is 0 Å². The second-order valence-electron chi connectivity index (χ2n) is 5.05. The Morgan fingerprint density at radius 1 is 1.23 bits per heavy atom. The normalized spacial score (nSPS) is 19.6. The average molecular weight is 174 g/mol. The Morgan fingerprint density at radius 3 is 2.77 bits per heavy atom. The van der Waals surface area contributed by atoms with Crippen molar-refractivity contribution in [2.24, 2.45) is 5.41 Å². The summed E-state index contributed by atoms with van der Waals surface area (Å²) in [4.78, 5) is 0. The minimum Gasteiger partial charge on any atom is -0.0617 e. The maximum Gasteiger partial charge on any atom is -0.0224 e. The number of fused-ring (bicyclic) bond motifs is 1. The topological polar surface area (TPSA) is 0 Å². The van der Waals surface area contributed by atoms with E-state index in [0.29, 0.717) is 5.41 Å². The van der Waals surface area contributed by atoms with Gasteiger partial charge in [-0.25, -0.2) is 0 Å². The fraction of sp³-hybridized carbons (Fsp3) is 0.538. The zero-order valence-electron chi connectivity index (χ0n) is 8.85. The summed E-state index contributed by atoms with van der Waals surface area (Å²) in [6, 6.07) is 6.72. The van der Waals surface area contributed by atoms with Gasteiger partial charge in [0.15, 0.2) is 0 Å². The molecule has 0 unspecified atom stereocenters. The third-order valence-electron chi connectivity index (χ3n) is 3.23. The van der Waals surface area contributed by atoms with Crippen molar-refractivity contribution in [2.45, 2.75) is 40.0 Å². The molecule has 0 saturated carbocycles. The number of hydrogen-bond acceptors (Lipinski definition) is 0. The lowest BCUT2D eigenvalue weighted by molar-refractivity contribution is 0.315. The largest absolute Gasteiger partial charge is 0.0617 e. The van der Waals surface area contributed by atoms with E-state index in [1.54, 1.807) is 11.1 Å². The highest BCUT2D eigenvalue weighted by Gasteiger charge is 2.25. The number of hydrogen-bond donors (Lipinski definition) is 0. The maximum atomic E-state index is 2.37. The zero-order valence-corrected chi connectivity index (χ0v) is 8.85. The van der Waals surface area contributed by atoms with Crippen molar-refractivity contribution in [2.75, 3.05) is 0 Å². The number of aryl methyl sites for hydroxylation is 1. The summed E-state index contributed by atoms with van der Waals surface area (Å²) in [5, 5.41) is 0. The van der Waals surface area contributed by atoms with Gasteiger partial charge in [-0.05, 0) is 48.3 Å². The van der Waals surface area contributed by atoms with E-state index in [9.17, 15) is 0 Å². The molecule has 0 nitrogen and oxygen atoms in total. The van der Waals surface area contributed by atoms with Crippen LogP contribution in [0.15, 0.2) is 18.2 Å². The van der Waals surface area contributed by atoms with Crippen molar-refractivity contribution in [3.8, 4) is 0 Å². The molecule has 0 fully saturated rings. The van der Waals surface area contributed by atoms with Crippen LogP contribution in [-0.2, 0) is 12.8 Å². The first-order valence-corrected chi connectivity index (χ1v) is 5.16. The summed E-state index contributed by atoms with van der Waals surface area (Å²) in [5.74, 6) is 0. The summed E-state index contributed by atoms with van der Waals surface area (Å²) in [7, 11) is 0. The average Bonchev–Trinajstić information content (AvgIpc) is 2.02. The van der Waals surface area contributed by atoms with E-state index >= 15 is 0 Å². The van der Waals surface area contributed by atoms with E-state index in [4.69, 9.17) is 0 Å². The molecule has 0 N–H and O–H groups in total. The van der Waals surface area contributed by atoms with E-state index in [1.807, 2.05) is 0 Å². The number of rotatable bonds is 0. The van der Waals surface area contributed by atoms with E-state index in [0.717, 1.165) is 0 Å². The maximum absolute atomic E-state index is 2.37. The molecule has 0 aliphatic heterocycles. The molecule has 0 bridgehead atoms. The van der Waals surface area contributed by atoms with E-state index in [1.165, 1.54) is 24.8 Å². The monoisotopic (exact) mass is 174 g/mol. The molecule has 0 aromatic heterocycles. The summed E-state index contributed by atoms with van der Waals surface area (Å²) in [6.45, 7) is 6.98. The summed E-state index contributed by atoms with van der Waals surface area (Å²) in [6.07, 6.45) is 3.86. The quantitative estimate of drug-likeness (QED) is 0.564. The van der Waals surface area contributed by atoms with Crippen LogP contribution in [0.4, 0.5) is 0 Å². The Kier molecular flexibility index (Phi) is 1.94. The molecule has 1 aliphatic rings. The highest BCUT2D eigenvalue weighted by molar-refractivity contribution is 5.37. The molecule has 0 radical (unpaired) electrons. The van der Waals surface area contributed by atoms with Crippen molar-refractivity contribution in [3.05, 3.63) is 34.9 Å². The van der Waals surface area contributed by atoms with Gasteiger partial charge in [-0.2, -0.15) is 0 Å². The SMILES string of the molecule is Cc1cccc2c1CCC(C)(C)C2. The van der Waals surface area contributed by atoms with E-state index in [2.05, 4.69) is 39.0 Å². The first-order chi connectivity index (χ1) is 6.08. The van der Waals surface area contributed by atoms with Gasteiger partial charge >= 0.3 is 0 Å². The van der Waals surface area contributed by atoms with Gasteiger partial charge in [-0.15, -0.1) is 0 Å². The molecule has 1 aromatic rings. The second-order valence-corrected chi connectivity index (χ2v) is 5.05. The first-order valence-electron chi connectivity index (χ1n) is 5.16. The standard InChI is InChI=1S/C13H18/c1-10-5-4-6-11-9-13(2,3)8-7-12(10)11/h4-6H,7-9H2,1-3H3. The van der Waals surface area contributed by atoms with Crippen LogP contribution in [0.3, 0.4) is 0 Å². The van der Waals surface area contributed by atoms with Crippen molar-refractivity contribution in [3.63, 3.8) is 0 Å². The minimum atomic E-state index is 0.515. The Morgan fingerprint density at radius 2 is 2.00 bits per heavy atom. The summed E-state index contributed by atoms with van der Waals surface area (Å²) in [5.41, 5.74) is 5.19. The van der Waals surface area contributed by atoms with Crippen LogP contribution < -0.4 is 0 Å². The Hall–Kier alpha value is -0.780. The van der Waals surface area contributed by atoms with E-state index in [-0.39, 0.29) is 0 Å². The van der Waals surface area contributed by atoms with Gasteiger partial charge < -0.3 is 0 Å². The van der Waals surface area contributed by atoms with Crippen LogP contribution in [0.5, 0.6) is 0 Å². The lowest BCUT2D eigenvalue weighted by atomic mass is 9.73. The van der Waals surface area contributed by atoms with Crippen LogP contribution in [-0.4, -0.2) is 0 Å². The lowest BCUT2D eigenvalue weighted by Crippen LogP contribution is -2.22. The van der Waals surface area contributed by atoms with Crippen LogP contribution in [0, 0.1) is 12.3 Å². The van der Waals surface area contributed by atoms with Crippen molar-refractivity contribution in [1.29, 1.82) is 0 Å². The van der Waals surface area contributed by atoms with Gasteiger partial charge in [-0.1, -0.05) is 32.0 Å². The Labute approximate surface area is 81.0 Å². The van der Waals surface area contributed by atoms with Gasteiger partial charge in [-0.3, -0.25) is 0 Å². The van der Waals surface area contributed by atoms with Gasteiger partial charge in [0.1, 0.15) is 0 Å².